The molecule has 7 heteroatoms. The molecule has 3 heterocycles. The lowest BCUT2D eigenvalue weighted by atomic mass is 9.96. The number of imide groups is 1. The smallest absolute Gasteiger partial charge is 0.249 e. The van der Waals surface area contributed by atoms with Gasteiger partial charge in [0.2, 0.25) is 17.7 Å². The van der Waals surface area contributed by atoms with Crippen molar-refractivity contribution < 1.29 is 14.4 Å². The molecule has 0 saturated carbocycles. The number of piperidine rings is 2. The molecule has 1 atom stereocenters. The third-order valence-corrected chi connectivity index (χ3v) is 5.80. The zero-order valence-corrected chi connectivity index (χ0v) is 15.6. The summed E-state index contributed by atoms with van der Waals surface area (Å²) in [5.41, 5.74) is 0.200. The van der Waals surface area contributed by atoms with Gasteiger partial charge < -0.3 is 4.90 Å². The molecule has 0 spiro atoms. The first-order chi connectivity index (χ1) is 11.8. The van der Waals surface area contributed by atoms with Crippen LogP contribution in [0.15, 0.2) is 0 Å². The third kappa shape index (κ3) is 4.03. The van der Waals surface area contributed by atoms with Crippen molar-refractivity contribution in [2.45, 2.75) is 64.1 Å². The highest BCUT2D eigenvalue weighted by atomic mass is 16.2. The Morgan fingerprint density at radius 1 is 0.960 bits per heavy atom. The number of nitrogens with zero attached hydrogens (tertiary/aromatic N) is 3. The first-order valence-corrected chi connectivity index (χ1v) is 9.38. The number of carbonyl (C=O) groups is 3. The maximum absolute atomic E-state index is 12.6. The minimum atomic E-state index is -0.477. The third-order valence-electron chi connectivity index (χ3n) is 5.80. The lowest BCUT2D eigenvalue weighted by molar-refractivity contribution is -0.150. The normalized spacial score (nSPS) is 28.4. The molecular formula is C18H30N4O3. The fourth-order valence-corrected chi connectivity index (χ4v) is 4.23. The first-order valence-electron chi connectivity index (χ1n) is 9.38. The molecule has 3 saturated heterocycles. The van der Waals surface area contributed by atoms with Crippen LogP contribution in [0.2, 0.25) is 0 Å². The number of hydrogen-bond donors (Lipinski definition) is 1. The molecule has 3 fully saturated rings. The molecule has 1 N–H and O–H groups in total. The number of nitrogens with one attached hydrogen (secondary N) is 1. The second-order valence-electron chi connectivity index (χ2n) is 8.41. The van der Waals surface area contributed by atoms with Crippen LogP contribution in [0, 0.1) is 0 Å². The van der Waals surface area contributed by atoms with Crippen molar-refractivity contribution in [2.24, 2.45) is 0 Å². The lowest BCUT2D eigenvalue weighted by Gasteiger charge is -2.46. The zero-order valence-electron chi connectivity index (χ0n) is 15.6. The predicted octanol–water partition coefficient (Wildman–Crippen LogP) is 0.199. The summed E-state index contributed by atoms with van der Waals surface area (Å²) in [5, 5.41) is 2.35. The van der Waals surface area contributed by atoms with E-state index in [4.69, 9.17) is 0 Å². The number of amides is 3. The van der Waals surface area contributed by atoms with Gasteiger partial charge in [0.1, 0.15) is 6.04 Å². The van der Waals surface area contributed by atoms with Crippen molar-refractivity contribution >= 4 is 17.7 Å². The van der Waals surface area contributed by atoms with Crippen LogP contribution in [0.25, 0.3) is 0 Å². The average molecular weight is 350 g/mol. The van der Waals surface area contributed by atoms with Crippen LogP contribution in [-0.2, 0) is 14.4 Å². The van der Waals surface area contributed by atoms with Crippen LogP contribution in [0.1, 0.15) is 46.5 Å². The van der Waals surface area contributed by atoms with Crippen LogP contribution in [0.3, 0.4) is 0 Å². The van der Waals surface area contributed by atoms with Crippen molar-refractivity contribution in [2.75, 3.05) is 32.7 Å². The van der Waals surface area contributed by atoms with Gasteiger partial charge in [-0.2, -0.15) is 0 Å². The van der Waals surface area contributed by atoms with Crippen LogP contribution in [0.4, 0.5) is 0 Å². The molecule has 0 aromatic heterocycles. The Bertz CT molecular complexity index is 549. The molecule has 0 bridgehead atoms. The van der Waals surface area contributed by atoms with E-state index < -0.39 is 6.04 Å². The van der Waals surface area contributed by atoms with Gasteiger partial charge in [0, 0.05) is 44.2 Å². The Morgan fingerprint density at radius 2 is 1.64 bits per heavy atom. The Labute approximate surface area is 149 Å². The Balaban J connectivity index is 1.53. The first kappa shape index (κ1) is 18.3. The highest BCUT2D eigenvalue weighted by molar-refractivity contribution is 6.01. The highest BCUT2D eigenvalue weighted by Crippen LogP contribution is 2.25. The van der Waals surface area contributed by atoms with Gasteiger partial charge >= 0.3 is 0 Å². The van der Waals surface area contributed by atoms with Gasteiger partial charge in [0.25, 0.3) is 0 Å². The van der Waals surface area contributed by atoms with Gasteiger partial charge in [0.15, 0.2) is 0 Å². The highest BCUT2D eigenvalue weighted by Gasteiger charge is 2.39. The summed E-state index contributed by atoms with van der Waals surface area (Å²) in [7, 11) is 0. The molecule has 140 valence electrons. The molecule has 1 unspecified atom stereocenters. The largest absolute Gasteiger partial charge is 0.328 e. The van der Waals surface area contributed by atoms with E-state index in [2.05, 4.69) is 35.9 Å². The van der Waals surface area contributed by atoms with Crippen molar-refractivity contribution in [3.63, 3.8) is 0 Å². The van der Waals surface area contributed by atoms with E-state index in [1.54, 1.807) is 4.90 Å². The predicted molar refractivity (Wildman–Crippen MR) is 93.8 cm³/mol. The van der Waals surface area contributed by atoms with Crippen LogP contribution in [0.5, 0.6) is 0 Å². The van der Waals surface area contributed by atoms with Gasteiger partial charge in [-0.1, -0.05) is 0 Å². The Kier molecular flexibility index (Phi) is 5.16. The van der Waals surface area contributed by atoms with E-state index in [1.807, 2.05) is 0 Å². The van der Waals surface area contributed by atoms with Gasteiger partial charge in [-0.15, -0.1) is 0 Å². The Hall–Kier alpha value is -1.47. The minimum absolute atomic E-state index is 0.0130. The molecular weight excluding hydrogens is 320 g/mol. The summed E-state index contributed by atoms with van der Waals surface area (Å²) in [5.74, 6) is -0.548. The SMILES string of the molecule is CC(C)(C)N1CCC(N2CCN(C3CCC(=O)NC3=O)C(=O)C2)CC1. The summed E-state index contributed by atoms with van der Waals surface area (Å²) in [6.45, 7) is 10.6. The molecule has 0 aromatic rings. The topological polar surface area (TPSA) is 73.0 Å². The summed E-state index contributed by atoms with van der Waals surface area (Å²) >= 11 is 0. The zero-order chi connectivity index (χ0) is 18.2. The summed E-state index contributed by atoms with van der Waals surface area (Å²) in [6.07, 6.45) is 2.93. The second kappa shape index (κ2) is 7.03. The molecule has 25 heavy (non-hydrogen) atoms. The fraction of sp³-hybridized carbons (Fsp3) is 0.833. The quantitative estimate of drug-likeness (QED) is 0.720. The molecule has 0 radical (unpaired) electrons. The molecule has 7 nitrogen and oxygen atoms in total. The number of likely N-dealkylation sites (tertiary alicyclic amines) is 1. The number of hydrogen-bond acceptors (Lipinski definition) is 5. The van der Waals surface area contributed by atoms with E-state index in [1.165, 1.54) is 0 Å². The van der Waals surface area contributed by atoms with E-state index in [0.717, 1.165) is 32.5 Å². The second-order valence-corrected chi connectivity index (χ2v) is 8.41. The van der Waals surface area contributed by atoms with E-state index >= 15 is 0 Å². The van der Waals surface area contributed by atoms with Gasteiger partial charge in [-0.3, -0.25) is 29.5 Å². The number of piperazine rings is 1. The lowest BCUT2D eigenvalue weighted by Crippen LogP contribution is -2.62. The summed E-state index contributed by atoms with van der Waals surface area (Å²) in [6, 6.07) is -0.0263. The molecule has 3 amide bonds. The number of carbonyl (C=O) groups excluding carboxylic acids is 3. The van der Waals surface area contributed by atoms with E-state index in [9.17, 15) is 14.4 Å². The van der Waals surface area contributed by atoms with Gasteiger partial charge in [-0.05, 0) is 40.0 Å². The molecule has 3 aliphatic rings. The monoisotopic (exact) mass is 350 g/mol. The van der Waals surface area contributed by atoms with Crippen LogP contribution in [-0.4, -0.2) is 82.8 Å². The summed E-state index contributed by atoms with van der Waals surface area (Å²) < 4.78 is 0. The number of rotatable bonds is 2. The minimum Gasteiger partial charge on any atom is -0.328 e. The molecule has 0 aliphatic carbocycles. The molecule has 3 rings (SSSR count). The van der Waals surface area contributed by atoms with Gasteiger partial charge in [0.05, 0.1) is 6.54 Å². The maximum atomic E-state index is 12.6. The van der Waals surface area contributed by atoms with Crippen molar-refractivity contribution in [1.29, 1.82) is 0 Å². The summed E-state index contributed by atoms with van der Waals surface area (Å²) in [4.78, 5) is 42.4. The van der Waals surface area contributed by atoms with Crippen LogP contribution < -0.4 is 5.32 Å². The fourth-order valence-electron chi connectivity index (χ4n) is 4.23. The van der Waals surface area contributed by atoms with Gasteiger partial charge in [-0.25, -0.2) is 0 Å². The Morgan fingerprint density at radius 3 is 2.20 bits per heavy atom. The van der Waals surface area contributed by atoms with Crippen molar-refractivity contribution in [3.8, 4) is 0 Å². The van der Waals surface area contributed by atoms with Crippen molar-refractivity contribution in [3.05, 3.63) is 0 Å². The van der Waals surface area contributed by atoms with Crippen LogP contribution >= 0.6 is 0 Å². The molecule has 0 aromatic carbocycles. The standard InChI is InChI=1S/C18H30N4O3/c1-18(2,3)21-8-6-13(7-9-21)20-10-11-22(16(24)12-20)14-4-5-15(23)19-17(14)25/h13-14H,4-12H2,1-3H3,(H,19,23,25). The van der Waals surface area contributed by atoms with Crippen molar-refractivity contribution in [1.82, 2.24) is 20.0 Å². The van der Waals surface area contributed by atoms with E-state index in [0.29, 0.717) is 32.0 Å². The maximum Gasteiger partial charge on any atom is 0.249 e. The molecule has 3 aliphatic heterocycles. The average Bonchev–Trinajstić information content (AvgIpc) is 2.55. The van der Waals surface area contributed by atoms with E-state index in [-0.39, 0.29) is 23.3 Å².